The predicted molar refractivity (Wildman–Crippen MR) is 63.5 cm³/mol. The standard InChI is InChI=1S/C11H21N.C2H6/c1-2-4-10(5-3-1)11-6-8-12-9-7-11;1-2/h10-12H,1-9H2;1-2H3. The molecule has 0 bridgehead atoms. The van der Waals surface area contributed by atoms with Crippen LogP contribution in [0.3, 0.4) is 0 Å². The summed E-state index contributed by atoms with van der Waals surface area (Å²) < 4.78 is 0. The number of hydrogen-bond acceptors (Lipinski definition) is 1. The molecule has 0 aromatic carbocycles. The van der Waals surface area contributed by atoms with Gasteiger partial charge in [0.25, 0.3) is 0 Å². The molecule has 14 heavy (non-hydrogen) atoms. The molecule has 1 aliphatic heterocycles. The zero-order valence-electron chi connectivity index (χ0n) is 10.0. The molecule has 0 unspecified atom stereocenters. The second-order valence-electron chi connectivity index (χ2n) is 4.49. The molecule has 0 aromatic rings. The minimum Gasteiger partial charge on any atom is -0.317 e. The lowest BCUT2D eigenvalue weighted by Gasteiger charge is -2.33. The van der Waals surface area contributed by atoms with Gasteiger partial charge in [0.05, 0.1) is 0 Å². The topological polar surface area (TPSA) is 12.0 Å². The van der Waals surface area contributed by atoms with Gasteiger partial charge in [-0.3, -0.25) is 0 Å². The molecule has 2 aliphatic rings. The molecule has 0 spiro atoms. The van der Waals surface area contributed by atoms with Crippen molar-refractivity contribution in [3.8, 4) is 0 Å². The van der Waals surface area contributed by atoms with Gasteiger partial charge >= 0.3 is 0 Å². The van der Waals surface area contributed by atoms with Gasteiger partial charge in [-0.2, -0.15) is 0 Å². The van der Waals surface area contributed by atoms with Gasteiger partial charge in [0.1, 0.15) is 0 Å². The molecule has 1 saturated heterocycles. The lowest BCUT2D eigenvalue weighted by atomic mass is 9.76. The number of piperidine rings is 1. The summed E-state index contributed by atoms with van der Waals surface area (Å²) in [4.78, 5) is 0. The molecule has 0 amide bonds. The average Bonchev–Trinajstić information content (AvgIpc) is 2.34. The van der Waals surface area contributed by atoms with Gasteiger partial charge in [-0.15, -0.1) is 0 Å². The molecule has 0 atom stereocenters. The first-order chi connectivity index (χ1) is 6.97. The molecule has 1 heterocycles. The monoisotopic (exact) mass is 197 g/mol. The van der Waals surface area contributed by atoms with Crippen molar-refractivity contribution in [2.24, 2.45) is 11.8 Å². The van der Waals surface area contributed by atoms with E-state index in [-0.39, 0.29) is 0 Å². The fraction of sp³-hybridized carbons (Fsp3) is 1.00. The van der Waals surface area contributed by atoms with Crippen LogP contribution < -0.4 is 5.32 Å². The van der Waals surface area contributed by atoms with E-state index in [0.29, 0.717) is 0 Å². The lowest BCUT2D eigenvalue weighted by Crippen LogP contribution is -2.32. The van der Waals surface area contributed by atoms with Gasteiger partial charge < -0.3 is 5.32 Å². The van der Waals surface area contributed by atoms with Crippen LogP contribution in [0, 0.1) is 11.8 Å². The molecule has 1 heteroatoms. The molecule has 0 radical (unpaired) electrons. The van der Waals surface area contributed by atoms with Crippen LogP contribution in [-0.4, -0.2) is 13.1 Å². The molecule has 1 aliphatic carbocycles. The van der Waals surface area contributed by atoms with Crippen molar-refractivity contribution in [1.29, 1.82) is 0 Å². The van der Waals surface area contributed by atoms with Crippen molar-refractivity contribution in [3.63, 3.8) is 0 Å². The van der Waals surface area contributed by atoms with Gasteiger partial charge in [0, 0.05) is 0 Å². The van der Waals surface area contributed by atoms with Crippen LogP contribution in [0.5, 0.6) is 0 Å². The van der Waals surface area contributed by atoms with Crippen LogP contribution >= 0.6 is 0 Å². The van der Waals surface area contributed by atoms with Crippen molar-refractivity contribution in [2.75, 3.05) is 13.1 Å². The highest BCUT2D eigenvalue weighted by molar-refractivity contribution is 4.78. The highest BCUT2D eigenvalue weighted by atomic mass is 14.9. The molecule has 2 fully saturated rings. The first-order valence-electron chi connectivity index (χ1n) is 6.67. The highest BCUT2D eigenvalue weighted by Gasteiger charge is 2.24. The average molecular weight is 197 g/mol. The summed E-state index contributed by atoms with van der Waals surface area (Å²) in [5.41, 5.74) is 0. The van der Waals surface area contributed by atoms with Crippen molar-refractivity contribution >= 4 is 0 Å². The van der Waals surface area contributed by atoms with Crippen molar-refractivity contribution in [3.05, 3.63) is 0 Å². The van der Waals surface area contributed by atoms with E-state index < -0.39 is 0 Å². The van der Waals surface area contributed by atoms with Gasteiger partial charge in [-0.05, 0) is 37.8 Å². The summed E-state index contributed by atoms with van der Waals surface area (Å²) in [6.45, 7) is 6.56. The molecule has 0 aromatic heterocycles. The van der Waals surface area contributed by atoms with E-state index in [0.717, 1.165) is 11.8 Å². The maximum absolute atomic E-state index is 3.45. The summed E-state index contributed by atoms with van der Waals surface area (Å²) in [6, 6.07) is 0. The van der Waals surface area contributed by atoms with Gasteiger partial charge in [-0.1, -0.05) is 46.0 Å². The highest BCUT2D eigenvalue weighted by Crippen LogP contribution is 2.34. The van der Waals surface area contributed by atoms with E-state index in [9.17, 15) is 0 Å². The summed E-state index contributed by atoms with van der Waals surface area (Å²) >= 11 is 0. The van der Waals surface area contributed by atoms with E-state index >= 15 is 0 Å². The lowest BCUT2D eigenvalue weighted by molar-refractivity contribution is 0.204. The molecular weight excluding hydrogens is 170 g/mol. The third-order valence-electron chi connectivity index (χ3n) is 3.70. The Bertz CT molecular complexity index is 105. The fourth-order valence-corrected chi connectivity index (χ4v) is 2.92. The SMILES string of the molecule is C1CCC(C2CCNCC2)CC1.CC. The summed E-state index contributed by atoms with van der Waals surface area (Å²) in [5, 5.41) is 3.45. The molecular formula is C13H27N. The maximum atomic E-state index is 3.45. The van der Waals surface area contributed by atoms with Crippen LogP contribution in [0.15, 0.2) is 0 Å². The Morgan fingerprint density at radius 2 is 1.21 bits per heavy atom. The van der Waals surface area contributed by atoms with Crippen molar-refractivity contribution in [2.45, 2.75) is 58.8 Å². The Labute approximate surface area is 89.7 Å². The zero-order valence-corrected chi connectivity index (χ0v) is 10.0. The van der Waals surface area contributed by atoms with Gasteiger partial charge in [0.15, 0.2) is 0 Å². The Balaban J connectivity index is 0.000000461. The smallest absolute Gasteiger partial charge is 0.00462 e. The minimum absolute atomic E-state index is 1.08. The summed E-state index contributed by atoms with van der Waals surface area (Å²) in [7, 11) is 0. The third kappa shape index (κ3) is 3.61. The summed E-state index contributed by atoms with van der Waals surface area (Å²) in [6.07, 6.45) is 10.5. The van der Waals surface area contributed by atoms with Gasteiger partial charge in [-0.25, -0.2) is 0 Å². The van der Waals surface area contributed by atoms with Gasteiger partial charge in [0.2, 0.25) is 0 Å². The Morgan fingerprint density at radius 3 is 1.79 bits per heavy atom. The minimum atomic E-state index is 1.08. The molecule has 2 rings (SSSR count). The first kappa shape index (κ1) is 12.0. The second kappa shape index (κ2) is 7.28. The Kier molecular flexibility index (Phi) is 6.25. The van der Waals surface area contributed by atoms with E-state index in [4.69, 9.17) is 0 Å². The number of rotatable bonds is 1. The zero-order chi connectivity index (χ0) is 10.2. The molecule has 1 N–H and O–H groups in total. The fourth-order valence-electron chi connectivity index (χ4n) is 2.92. The second-order valence-corrected chi connectivity index (χ2v) is 4.49. The van der Waals surface area contributed by atoms with E-state index in [2.05, 4.69) is 5.32 Å². The maximum Gasteiger partial charge on any atom is -0.00462 e. The molecule has 1 nitrogen and oxygen atoms in total. The van der Waals surface area contributed by atoms with E-state index in [1.165, 1.54) is 58.0 Å². The Morgan fingerprint density at radius 1 is 0.714 bits per heavy atom. The van der Waals surface area contributed by atoms with Crippen LogP contribution in [0.2, 0.25) is 0 Å². The quantitative estimate of drug-likeness (QED) is 0.677. The third-order valence-corrected chi connectivity index (χ3v) is 3.70. The first-order valence-corrected chi connectivity index (χ1v) is 6.67. The number of hydrogen-bond donors (Lipinski definition) is 1. The molecule has 84 valence electrons. The Hall–Kier alpha value is -0.0400. The largest absolute Gasteiger partial charge is 0.317 e. The van der Waals surface area contributed by atoms with Crippen LogP contribution in [0.1, 0.15) is 58.8 Å². The van der Waals surface area contributed by atoms with Crippen molar-refractivity contribution < 1.29 is 0 Å². The normalized spacial score (nSPS) is 25.3. The van der Waals surface area contributed by atoms with Crippen LogP contribution in [0.4, 0.5) is 0 Å². The summed E-state index contributed by atoms with van der Waals surface area (Å²) in [5.74, 6) is 2.17. The predicted octanol–water partition coefficient (Wildman–Crippen LogP) is 3.59. The van der Waals surface area contributed by atoms with E-state index in [1.807, 2.05) is 13.8 Å². The van der Waals surface area contributed by atoms with Crippen LogP contribution in [0.25, 0.3) is 0 Å². The van der Waals surface area contributed by atoms with Crippen LogP contribution in [-0.2, 0) is 0 Å². The van der Waals surface area contributed by atoms with Crippen molar-refractivity contribution in [1.82, 2.24) is 5.32 Å². The molecule has 1 saturated carbocycles. The van der Waals surface area contributed by atoms with E-state index in [1.54, 1.807) is 0 Å². The number of nitrogens with one attached hydrogen (secondary N) is 1.